The number of amides is 1. The topological polar surface area (TPSA) is 56.3 Å². The fourth-order valence-electron chi connectivity index (χ4n) is 2.52. The molecule has 0 unspecified atom stereocenters. The molecule has 1 aliphatic rings. The normalized spacial score (nSPS) is 15.0. The van der Waals surface area contributed by atoms with Crippen LogP contribution in [0.15, 0.2) is 18.2 Å². The Labute approximate surface area is 98.9 Å². The van der Waals surface area contributed by atoms with Crippen molar-refractivity contribution < 1.29 is 9.90 Å². The van der Waals surface area contributed by atoms with Gasteiger partial charge in [-0.25, -0.2) is 4.79 Å². The van der Waals surface area contributed by atoms with Gasteiger partial charge in [-0.15, -0.1) is 0 Å². The van der Waals surface area contributed by atoms with Gasteiger partial charge in [-0.3, -0.25) is 0 Å². The number of hydrogen-bond donors (Lipinski definition) is 2. The third-order valence-corrected chi connectivity index (χ3v) is 3.40. The summed E-state index contributed by atoms with van der Waals surface area (Å²) < 4.78 is 0. The lowest BCUT2D eigenvalue weighted by atomic mass is 10.0. The predicted octanol–water partition coefficient (Wildman–Crippen LogP) is 2.51. The summed E-state index contributed by atoms with van der Waals surface area (Å²) in [5.41, 5.74) is 4.66. The molecule has 88 valence electrons. The van der Waals surface area contributed by atoms with Crippen molar-refractivity contribution in [1.82, 2.24) is 9.88 Å². The molecule has 0 radical (unpaired) electrons. The van der Waals surface area contributed by atoms with Crippen LogP contribution in [0.3, 0.4) is 0 Å². The average molecular weight is 230 g/mol. The number of benzene rings is 1. The first-order valence-corrected chi connectivity index (χ1v) is 5.73. The maximum absolute atomic E-state index is 10.9. The third-order valence-electron chi connectivity index (χ3n) is 3.40. The standard InChI is InChI=1S/C13H14N2O2/c1-8-2-3-11-10(6-8)9-4-5-15(13(16)17)7-12(9)14-11/h2-3,6,14H,4-5,7H2,1H3,(H,16,17). The van der Waals surface area contributed by atoms with Crippen LogP contribution in [0.25, 0.3) is 10.9 Å². The molecule has 4 nitrogen and oxygen atoms in total. The molecule has 0 spiro atoms. The van der Waals surface area contributed by atoms with Crippen molar-refractivity contribution in [3.63, 3.8) is 0 Å². The highest BCUT2D eigenvalue weighted by Gasteiger charge is 2.23. The highest BCUT2D eigenvalue weighted by atomic mass is 16.4. The van der Waals surface area contributed by atoms with Gasteiger partial charge in [0.15, 0.2) is 0 Å². The van der Waals surface area contributed by atoms with E-state index < -0.39 is 6.09 Å². The van der Waals surface area contributed by atoms with Crippen molar-refractivity contribution in [1.29, 1.82) is 0 Å². The van der Waals surface area contributed by atoms with E-state index in [1.807, 2.05) is 0 Å². The zero-order valence-corrected chi connectivity index (χ0v) is 9.66. The third kappa shape index (κ3) is 1.56. The van der Waals surface area contributed by atoms with Crippen LogP contribution in [0.5, 0.6) is 0 Å². The molecular weight excluding hydrogens is 216 g/mol. The maximum Gasteiger partial charge on any atom is 0.407 e. The molecule has 1 aliphatic heterocycles. The molecule has 1 amide bonds. The van der Waals surface area contributed by atoms with E-state index in [4.69, 9.17) is 5.11 Å². The maximum atomic E-state index is 10.9. The Morgan fingerprint density at radius 2 is 2.29 bits per heavy atom. The number of aromatic nitrogens is 1. The lowest BCUT2D eigenvalue weighted by Crippen LogP contribution is -2.34. The van der Waals surface area contributed by atoms with E-state index in [-0.39, 0.29) is 0 Å². The van der Waals surface area contributed by atoms with Crippen LogP contribution in [-0.2, 0) is 13.0 Å². The Bertz CT molecular complexity index is 601. The molecule has 0 saturated carbocycles. The molecule has 0 atom stereocenters. The van der Waals surface area contributed by atoms with Crippen LogP contribution in [0, 0.1) is 6.92 Å². The van der Waals surface area contributed by atoms with Crippen molar-refractivity contribution in [3.05, 3.63) is 35.0 Å². The summed E-state index contributed by atoms with van der Waals surface area (Å²) in [6, 6.07) is 6.30. The minimum atomic E-state index is -0.842. The molecule has 3 rings (SSSR count). The molecule has 0 aliphatic carbocycles. The van der Waals surface area contributed by atoms with Gasteiger partial charge in [0, 0.05) is 23.1 Å². The fraction of sp³-hybridized carbons (Fsp3) is 0.308. The summed E-state index contributed by atoms with van der Waals surface area (Å²) in [6.07, 6.45) is -0.0454. The number of aryl methyl sites for hydroxylation is 1. The second-order valence-corrected chi connectivity index (χ2v) is 4.59. The van der Waals surface area contributed by atoms with Crippen molar-refractivity contribution >= 4 is 17.0 Å². The molecule has 0 fully saturated rings. The number of hydrogen-bond acceptors (Lipinski definition) is 1. The molecule has 17 heavy (non-hydrogen) atoms. The fourth-order valence-corrected chi connectivity index (χ4v) is 2.52. The van der Waals surface area contributed by atoms with Gasteiger partial charge in [-0.05, 0) is 31.0 Å². The van der Waals surface area contributed by atoms with Crippen molar-refractivity contribution in [3.8, 4) is 0 Å². The van der Waals surface area contributed by atoms with Gasteiger partial charge < -0.3 is 15.0 Å². The monoisotopic (exact) mass is 230 g/mol. The Morgan fingerprint density at radius 3 is 3.06 bits per heavy atom. The number of H-pyrrole nitrogens is 1. The number of nitrogens with one attached hydrogen (secondary N) is 1. The predicted molar refractivity (Wildman–Crippen MR) is 65.2 cm³/mol. The van der Waals surface area contributed by atoms with E-state index in [0.717, 1.165) is 17.6 Å². The zero-order chi connectivity index (χ0) is 12.0. The van der Waals surface area contributed by atoms with Gasteiger partial charge in [0.25, 0.3) is 0 Å². The van der Waals surface area contributed by atoms with E-state index in [1.54, 1.807) is 0 Å². The Morgan fingerprint density at radius 1 is 1.47 bits per heavy atom. The first-order chi connectivity index (χ1) is 8.15. The zero-order valence-electron chi connectivity index (χ0n) is 9.66. The molecule has 0 bridgehead atoms. The molecule has 0 saturated heterocycles. The Kier molecular flexibility index (Phi) is 2.11. The highest BCUT2D eigenvalue weighted by molar-refractivity contribution is 5.86. The number of carboxylic acid groups (broad SMARTS) is 1. The van der Waals surface area contributed by atoms with Crippen LogP contribution < -0.4 is 0 Å². The van der Waals surface area contributed by atoms with Crippen molar-refractivity contribution in [2.75, 3.05) is 6.54 Å². The molecule has 2 aromatic rings. The van der Waals surface area contributed by atoms with E-state index in [9.17, 15) is 4.79 Å². The minimum absolute atomic E-state index is 0.471. The lowest BCUT2D eigenvalue weighted by Gasteiger charge is -2.24. The largest absolute Gasteiger partial charge is 0.465 e. The van der Waals surface area contributed by atoms with E-state index >= 15 is 0 Å². The molecule has 1 aromatic heterocycles. The SMILES string of the molecule is Cc1ccc2[nH]c3c(c2c1)CCN(C(=O)O)C3. The number of nitrogens with zero attached hydrogens (tertiary/aromatic N) is 1. The second kappa shape index (κ2) is 3.52. The smallest absolute Gasteiger partial charge is 0.407 e. The van der Waals surface area contributed by atoms with Crippen LogP contribution in [0.2, 0.25) is 0 Å². The second-order valence-electron chi connectivity index (χ2n) is 4.59. The number of carbonyl (C=O) groups is 1. The van der Waals surface area contributed by atoms with Gasteiger partial charge in [0.1, 0.15) is 0 Å². The number of aromatic amines is 1. The summed E-state index contributed by atoms with van der Waals surface area (Å²) in [7, 11) is 0. The van der Waals surface area contributed by atoms with Crippen molar-refractivity contribution in [2.45, 2.75) is 19.9 Å². The molecule has 1 aromatic carbocycles. The summed E-state index contributed by atoms with van der Waals surface area (Å²) in [5, 5.41) is 10.2. The van der Waals surface area contributed by atoms with E-state index in [1.165, 1.54) is 21.4 Å². The summed E-state index contributed by atoms with van der Waals surface area (Å²) in [4.78, 5) is 15.7. The molecule has 2 N–H and O–H groups in total. The minimum Gasteiger partial charge on any atom is -0.465 e. The van der Waals surface area contributed by atoms with Crippen molar-refractivity contribution in [2.24, 2.45) is 0 Å². The van der Waals surface area contributed by atoms with Crippen LogP contribution >= 0.6 is 0 Å². The number of rotatable bonds is 0. The van der Waals surface area contributed by atoms with Crippen LogP contribution in [-0.4, -0.2) is 27.6 Å². The highest BCUT2D eigenvalue weighted by Crippen LogP contribution is 2.28. The first-order valence-electron chi connectivity index (χ1n) is 5.73. The van der Waals surface area contributed by atoms with Gasteiger partial charge in [-0.2, -0.15) is 0 Å². The molecule has 2 heterocycles. The van der Waals surface area contributed by atoms with E-state index in [2.05, 4.69) is 30.1 Å². The van der Waals surface area contributed by atoms with E-state index in [0.29, 0.717) is 13.1 Å². The Hall–Kier alpha value is -1.97. The van der Waals surface area contributed by atoms with Gasteiger partial charge in [0.2, 0.25) is 0 Å². The van der Waals surface area contributed by atoms with Crippen LogP contribution in [0.1, 0.15) is 16.8 Å². The molecular formula is C13H14N2O2. The lowest BCUT2D eigenvalue weighted by molar-refractivity contribution is 0.139. The summed E-state index contributed by atoms with van der Waals surface area (Å²) in [5.74, 6) is 0. The van der Waals surface area contributed by atoms with Gasteiger partial charge >= 0.3 is 6.09 Å². The van der Waals surface area contributed by atoms with Crippen LogP contribution in [0.4, 0.5) is 4.79 Å². The average Bonchev–Trinajstić information content (AvgIpc) is 2.66. The summed E-state index contributed by atoms with van der Waals surface area (Å²) >= 11 is 0. The number of fused-ring (bicyclic) bond motifs is 3. The Balaban J connectivity index is 2.10. The summed E-state index contributed by atoms with van der Waals surface area (Å²) in [6.45, 7) is 3.13. The van der Waals surface area contributed by atoms with Gasteiger partial charge in [0.05, 0.1) is 6.54 Å². The first kappa shape index (κ1) is 10.2. The molecule has 4 heteroatoms. The quantitative estimate of drug-likeness (QED) is 0.730. The van der Waals surface area contributed by atoms with Gasteiger partial charge in [-0.1, -0.05) is 11.6 Å².